The van der Waals surface area contributed by atoms with Crippen molar-refractivity contribution in [2.75, 3.05) is 17.7 Å². The third-order valence-corrected chi connectivity index (χ3v) is 4.16. The van der Waals surface area contributed by atoms with Crippen molar-refractivity contribution in [1.82, 2.24) is 9.78 Å². The zero-order valence-electron chi connectivity index (χ0n) is 15.4. The van der Waals surface area contributed by atoms with Gasteiger partial charge in [-0.3, -0.25) is 14.4 Å². The lowest BCUT2D eigenvalue weighted by Gasteiger charge is -2.10. The van der Waals surface area contributed by atoms with Gasteiger partial charge in [0.25, 0.3) is 11.5 Å². The fraction of sp³-hybridized carbons (Fsp3) is 0.100. The number of benzene rings is 2. The highest BCUT2D eigenvalue weighted by Gasteiger charge is 2.13. The normalized spacial score (nSPS) is 10.3. The molecule has 0 radical (unpaired) electrons. The van der Waals surface area contributed by atoms with Crippen LogP contribution < -0.4 is 20.9 Å². The molecule has 0 spiro atoms. The number of carbonyl (C=O) groups is 2. The van der Waals surface area contributed by atoms with Gasteiger partial charge in [-0.2, -0.15) is 5.10 Å². The number of ether oxygens (including phenoxy) is 1. The predicted molar refractivity (Wildman–Crippen MR) is 110 cm³/mol. The first-order valence-electron chi connectivity index (χ1n) is 8.54. The second-order valence-electron chi connectivity index (χ2n) is 5.93. The molecule has 29 heavy (non-hydrogen) atoms. The van der Waals surface area contributed by atoms with Gasteiger partial charge in [0, 0.05) is 17.4 Å². The number of halogens is 1. The molecule has 148 valence electrons. The molecule has 2 amide bonds. The van der Waals surface area contributed by atoms with Gasteiger partial charge in [-0.1, -0.05) is 29.8 Å². The molecule has 0 unspecified atom stereocenters. The summed E-state index contributed by atoms with van der Waals surface area (Å²) in [5.74, 6) is -0.520. The molecular formula is C20H17ClN4O4. The van der Waals surface area contributed by atoms with Crippen molar-refractivity contribution in [3.05, 3.63) is 81.7 Å². The number of hydrogen-bond acceptors (Lipinski definition) is 5. The van der Waals surface area contributed by atoms with Gasteiger partial charge in [0.1, 0.15) is 18.0 Å². The number of anilines is 2. The zero-order valence-corrected chi connectivity index (χ0v) is 16.1. The molecule has 0 aliphatic carbocycles. The Morgan fingerprint density at radius 1 is 1.03 bits per heavy atom. The Balaban J connectivity index is 1.71. The number of hydrogen-bond donors (Lipinski definition) is 2. The fourth-order valence-electron chi connectivity index (χ4n) is 2.48. The number of carbonyl (C=O) groups excluding carboxylic acids is 2. The highest BCUT2D eigenvalue weighted by atomic mass is 35.5. The summed E-state index contributed by atoms with van der Waals surface area (Å²) in [4.78, 5) is 36.7. The molecule has 2 aromatic carbocycles. The van der Waals surface area contributed by atoms with Crippen LogP contribution in [0.2, 0.25) is 5.02 Å². The van der Waals surface area contributed by atoms with Crippen molar-refractivity contribution in [2.24, 2.45) is 0 Å². The van der Waals surface area contributed by atoms with Gasteiger partial charge in [0.15, 0.2) is 0 Å². The van der Waals surface area contributed by atoms with E-state index in [0.29, 0.717) is 22.1 Å². The Labute approximate surface area is 171 Å². The predicted octanol–water partition coefficient (Wildman–Crippen LogP) is 2.80. The van der Waals surface area contributed by atoms with Crippen LogP contribution in [-0.2, 0) is 11.3 Å². The van der Waals surface area contributed by atoms with Crippen LogP contribution in [-0.4, -0.2) is 28.7 Å². The molecule has 3 rings (SSSR count). The van der Waals surface area contributed by atoms with Gasteiger partial charge in [-0.25, -0.2) is 4.68 Å². The summed E-state index contributed by atoms with van der Waals surface area (Å²) in [6.07, 6.45) is 0. The smallest absolute Gasteiger partial charge is 0.276 e. The lowest BCUT2D eigenvalue weighted by atomic mass is 10.3. The molecule has 0 atom stereocenters. The Hall–Kier alpha value is -3.65. The molecule has 8 nitrogen and oxygen atoms in total. The SMILES string of the molecule is COc1ccc(NC(=O)Cn2nc(C(=O)Nc3ccccc3)ccc2=O)cc1Cl. The van der Waals surface area contributed by atoms with Crippen molar-refractivity contribution in [2.45, 2.75) is 6.54 Å². The average molecular weight is 413 g/mol. The lowest BCUT2D eigenvalue weighted by molar-refractivity contribution is -0.117. The molecule has 0 saturated heterocycles. The number of nitrogens with zero attached hydrogens (tertiary/aromatic N) is 2. The van der Waals surface area contributed by atoms with E-state index < -0.39 is 17.4 Å². The van der Waals surface area contributed by atoms with Crippen LogP contribution in [0.1, 0.15) is 10.5 Å². The van der Waals surface area contributed by atoms with E-state index >= 15 is 0 Å². The Kier molecular flexibility index (Phi) is 6.25. The van der Waals surface area contributed by atoms with E-state index in [4.69, 9.17) is 16.3 Å². The summed E-state index contributed by atoms with van der Waals surface area (Å²) < 4.78 is 5.97. The molecule has 9 heteroatoms. The first-order valence-corrected chi connectivity index (χ1v) is 8.92. The van der Waals surface area contributed by atoms with Gasteiger partial charge in [0.05, 0.1) is 12.1 Å². The second kappa shape index (κ2) is 9.03. The van der Waals surface area contributed by atoms with Crippen molar-refractivity contribution in [3.8, 4) is 5.75 Å². The lowest BCUT2D eigenvalue weighted by Crippen LogP contribution is -2.31. The van der Waals surface area contributed by atoms with Gasteiger partial charge in [0.2, 0.25) is 5.91 Å². The van der Waals surface area contributed by atoms with Crippen molar-refractivity contribution in [3.63, 3.8) is 0 Å². The van der Waals surface area contributed by atoms with Gasteiger partial charge in [-0.15, -0.1) is 0 Å². The maximum Gasteiger partial charge on any atom is 0.276 e. The minimum atomic E-state index is -0.510. The molecule has 1 aromatic heterocycles. The quantitative estimate of drug-likeness (QED) is 0.648. The highest BCUT2D eigenvalue weighted by Crippen LogP contribution is 2.27. The van der Waals surface area contributed by atoms with Crippen LogP contribution in [0.25, 0.3) is 0 Å². The third-order valence-electron chi connectivity index (χ3n) is 3.86. The highest BCUT2D eigenvalue weighted by molar-refractivity contribution is 6.32. The molecule has 0 fully saturated rings. The van der Waals surface area contributed by atoms with Gasteiger partial charge < -0.3 is 15.4 Å². The molecule has 0 aliphatic rings. The Morgan fingerprint density at radius 3 is 2.48 bits per heavy atom. The van der Waals surface area contributed by atoms with Crippen LogP contribution in [0.15, 0.2) is 65.5 Å². The zero-order chi connectivity index (χ0) is 20.8. The second-order valence-corrected chi connectivity index (χ2v) is 6.34. The Morgan fingerprint density at radius 2 is 1.79 bits per heavy atom. The number of para-hydroxylation sites is 1. The minimum absolute atomic E-state index is 0.00810. The third kappa shape index (κ3) is 5.20. The van der Waals surface area contributed by atoms with Crippen LogP contribution in [0.3, 0.4) is 0 Å². The molecule has 0 aliphatic heterocycles. The number of aromatic nitrogens is 2. The standard InChI is InChI=1S/C20H17ClN4O4/c1-29-17-9-7-14(11-15(17)21)22-18(26)12-25-19(27)10-8-16(24-25)20(28)23-13-5-3-2-4-6-13/h2-11H,12H2,1H3,(H,22,26)(H,23,28). The minimum Gasteiger partial charge on any atom is -0.495 e. The average Bonchev–Trinajstić information content (AvgIpc) is 2.70. The number of nitrogens with one attached hydrogen (secondary N) is 2. The van der Waals surface area contributed by atoms with E-state index in [2.05, 4.69) is 15.7 Å². The molecule has 2 N–H and O–H groups in total. The molecule has 0 saturated carbocycles. The van der Waals surface area contributed by atoms with Gasteiger partial charge >= 0.3 is 0 Å². The topological polar surface area (TPSA) is 102 Å². The van der Waals surface area contributed by atoms with E-state index in [0.717, 1.165) is 4.68 Å². The summed E-state index contributed by atoms with van der Waals surface area (Å²) >= 11 is 6.03. The Bertz CT molecular complexity index is 1100. The summed E-state index contributed by atoms with van der Waals surface area (Å²) in [6.45, 7) is -0.366. The van der Waals surface area contributed by atoms with E-state index in [1.165, 1.54) is 25.3 Å². The molecule has 1 heterocycles. The summed E-state index contributed by atoms with van der Waals surface area (Å²) in [6, 6.07) is 16.1. The first-order chi connectivity index (χ1) is 14.0. The maximum absolute atomic E-state index is 12.3. The van der Waals surface area contributed by atoms with Crippen LogP contribution in [0, 0.1) is 0 Å². The fourth-order valence-corrected chi connectivity index (χ4v) is 2.74. The molecule has 3 aromatic rings. The monoisotopic (exact) mass is 412 g/mol. The van der Waals surface area contributed by atoms with E-state index in [1.807, 2.05) is 6.07 Å². The van der Waals surface area contributed by atoms with E-state index in [9.17, 15) is 14.4 Å². The molecular weight excluding hydrogens is 396 g/mol. The largest absolute Gasteiger partial charge is 0.495 e. The first kappa shape index (κ1) is 20.1. The summed E-state index contributed by atoms with van der Waals surface area (Å²) in [7, 11) is 1.48. The van der Waals surface area contributed by atoms with E-state index in [1.54, 1.807) is 36.4 Å². The van der Waals surface area contributed by atoms with Crippen molar-refractivity contribution < 1.29 is 14.3 Å². The van der Waals surface area contributed by atoms with Crippen molar-refractivity contribution >= 4 is 34.8 Å². The van der Waals surface area contributed by atoms with Crippen molar-refractivity contribution in [1.29, 1.82) is 0 Å². The maximum atomic E-state index is 12.3. The molecule has 0 bridgehead atoms. The number of amides is 2. The summed E-state index contributed by atoms with van der Waals surface area (Å²) in [5, 5.41) is 9.60. The van der Waals surface area contributed by atoms with Crippen LogP contribution in [0.5, 0.6) is 5.75 Å². The van der Waals surface area contributed by atoms with Gasteiger partial charge in [-0.05, 0) is 36.4 Å². The summed E-state index contributed by atoms with van der Waals surface area (Å²) in [5.41, 5.74) is 0.524. The number of rotatable bonds is 6. The van der Waals surface area contributed by atoms with E-state index in [-0.39, 0.29) is 12.2 Å². The van der Waals surface area contributed by atoms with Crippen LogP contribution >= 0.6 is 11.6 Å². The number of methoxy groups -OCH3 is 1. The van der Waals surface area contributed by atoms with Crippen LogP contribution in [0.4, 0.5) is 11.4 Å².